The van der Waals surface area contributed by atoms with Crippen LogP contribution in [0.4, 0.5) is 0 Å². The molecular weight excluding hydrogens is 204 g/mol. The molecule has 4 nitrogen and oxygen atoms in total. The topological polar surface area (TPSA) is 52.6 Å². The molecule has 1 saturated heterocycles. The Kier molecular flexibility index (Phi) is 4.74. The van der Waals surface area contributed by atoms with Gasteiger partial charge in [0.2, 0.25) is 5.91 Å². The highest BCUT2D eigenvalue weighted by Crippen LogP contribution is 2.22. The first-order valence-corrected chi connectivity index (χ1v) is 6.13. The fourth-order valence-electron chi connectivity index (χ4n) is 2.16. The minimum atomic E-state index is -0.0857. The van der Waals surface area contributed by atoms with Crippen LogP contribution in [-0.2, 0) is 4.79 Å². The van der Waals surface area contributed by atoms with Crippen LogP contribution in [0.3, 0.4) is 0 Å². The second kappa shape index (κ2) is 5.64. The zero-order valence-electron chi connectivity index (χ0n) is 10.6. The average Bonchev–Trinajstić information content (AvgIpc) is 2.17. The Bertz CT molecular complexity index is 233. The Balaban J connectivity index is 2.40. The summed E-state index contributed by atoms with van der Waals surface area (Å²) in [6.45, 7) is 8.50. The van der Waals surface area contributed by atoms with Crippen molar-refractivity contribution in [1.82, 2.24) is 10.2 Å². The number of likely N-dealkylation sites (tertiary alicyclic amines) is 1. The number of aliphatic hydroxyl groups excluding tert-OH is 1. The van der Waals surface area contributed by atoms with E-state index in [0.29, 0.717) is 6.04 Å². The van der Waals surface area contributed by atoms with Crippen molar-refractivity contribution in [3.8, 4) is 0 Å². The summed E-state index contributed by atoms with van der Waals surface area (Å²) in [4.78, 5) is 13.9. The van der Waals surface area contributed by atoms with E-state index < -0.39 is 0 Å². The quantitative estimate of drug-likeness (QED) is 0.746. The first-order chi connectivity index (χ1) is 7.47. The van der Waals surface area contributed by atoms with Gasteiger partial charge < -0.3 is 15.3 Å². The van der Waals surface area contributed by atoms with Gasteiger partial charge in [-0.1, -0.05) is 0 Å². The number of carbonyl (C=O) groups is 1. The Morgan fingerprint density at radius 3 is 2.44 bits per heavy atom. The molecule has 2 N–H and O–H groups in total. The highest BCUT2D eigenvalue weighted by Gasteiger charge is 2.31. The van der Waals surface area contributed by atoms with E-state index in [1.165, 1.54) is 0 Å². The van der Waals surface area contributed by atoms with Gasteiger partial charge in [-0.25, -0.2) is 0 Å². The van der Waals surface area contributed by atoms with Gasteiger partial charge in [-0.3, -0.25) is 4.79 Å². The standard InChI is InChI=1S/C12H24N2O2/c1-10(2)14-7-5-12(3,6-8-14)13-11(16)4-9-15/h10,15H,4-9H2,1-3H3,(H,13,16). The first kappa shape index (κ1) is 13.5. The van der Waals surface area contributed by atoms with E-state index in [0.717, 1.165) is 25.9 Å². The van der Waals surface area contributed by atoms with E-state index in [4.69, 9.17) is 5.11 Å². The number of aliphatic hydroxyl groups is 1. The van der Waals surface area contributed by atoms with E-state index >= 15 is 0 Å². The Morgan fingerprint density at radius 2 is 2.00 bits per heavy atom. The summed E-state index contributed by atoms with van der Waals surface area (Å²) in [5, 5.41) is 11.7. The zero-order valence-corrected chi connectivity index (χ0v) is 10.6. The van der Waals surface area contributed by atoms with Crippen molar-refractivity contribution >= 4 is 5.91 Å². The van der Waals surface area contributed by atoms with Crippen molar-refractivity contribution in [2.24, 2.45) is 0 Å². The molecule has 1 aliphatic heterocycles. The maximum atomic E-state index is 11.4. The van der Waals surface area contributed by atoms with Gasteiger partial charge in [0.1, 0.15) is 0 Å². The Hall–Kier alpha value is -0.610. The van der Waals surface area contributed by atoms with Crippen LogP contribution in [0.15, 0.2) is 0 Å². The molecule has 4 heteroatoms. The number of rotatable bonds is 4. The predicted octanol–water partition coefficient (Wildman–Crippen LogP) is 0.748. The molecule has 94 valence electrons. The monoisotopic (exact) mass is 228 g/mol. The molecule has 0 spiro atoms. The van der Waals surface area contributed by atoms with Crippen LogP contribution in [0.2, 0.25) is 0 Å². The van der Waals surface area contributed by atoms with Gasteiger partial charge in [0.25, 0.3) is 0 Å². The number of piperidine rings is 1. The van der Waals surface area contributed by atoms with Crippen LogP contribution >= 0.6 is 0 Å². The molecular formula is C12H24N2O2. The molecule has 0 saturated carbocycles. The van der Waals surface area contributed by atoms with E-state index in [-0.39, 0.29) is 24.5 Å². The third kappa shape index (κ3) is 3.76. The summed E-state index contributed by atoms with van der Waals surface area (Å²) in [6.07, 6.45) is 2.19. The molecule has 16 heavy (non-hydrogen) atoms. The highest BCUT2D eigenvalue weighted by atomic mass is 16.3. The molecule has 1 amide bonds. The number of hydrogen-bond donors (Lipinski definition) is 2. The first-order valence-electron chi connectivity index (χ1n) is 6.13. The van der Waals surface area contributed by atoms with E-state index in [2.05, 4.69) is 31.0 Å². The van der Waals surface area contributed by atoms with Crippen LogP contribution in [0, 0.1) is 0 Å². The maximum Gasteiger partial charge on any atom is 0.222 e. The van der Waals surface area contributed by atoms with E-state index in [9.17, 15) is 4.79 Å². The SMILES string of the molecule is CC(C)N1CCC(C)(NC(=O)CCO)CC1. The van der Waals surface area contributed by atoms with Gasteiger partial charge in [-0.2, -0.15) is 0 Å². The lowest BCUT2D eigenvalue weighted by Gasteiger charge is -2.41. The lowest BCUT2D eigenvalue weighted by Crippen LogP contribution is -2.54. The van der Waals surface area contributed by atoms with Gasteiger partial charge in [0.05, 0.1) is 6.61 Å². The number of hydrogen-bond acceptors (Lipinski definition) is 3. The van der Waals surface area contributed by atoms with Gasteiger partial charge in [0.15, 0.2) is 0 Å². The lowest BCUT2D eigenvalue weighted by molar-refractivity contribution is -0.124. The van der Waals surface area contributed by atoms with Crippen molar-refractivity contribution < 1.29 is 9.90 Å². The Morgan fingerprint density at radius 1 is 1.44 bits per heavy atom. The second-order valence-corrected chi connectivity index (χ2v) is 5.21. The fourth-order valence-corrected chi connectivity index (χ4v) is 2.16. The summed E-state index contributed by atoms with van der Waals surface area (Å²) in [5.74, 6) is -0.0389. The minimum absolute atomic E-state index is 0.0389. The van der Waals surface area contributed by atoms with Crippen LogP contribution < -0.4 is 5.32 Å². The maximum absolute atomic E-state index is 11.4. The molecule has 1 aliphatic rings. The number of nitrogens with zero attached hydrogens (tertiary/aromatic N) is 1. The van der Waals surface area contributed by atoms with Gasteiger partial charge in [0, 0.05) is 31.1 Å². The molecule has 0 aromatic carbocycles. The van der Waals surface area contributed by atoms with Crippen molar-refractivity contribution in [1.29, 1.82) is 0 Å². The molecule has 0 atom stereocenters. The predicted molar refractivity (Wildman–Crippen MR) is 64.2 cm³/mol. The Labute approximate surface area is 98.0 Å². The summed E-state index contributed by atoms with van der Waals surface area (Å²) < 4.78 is 0. The molecule has 1 fully saturated rings. The molecule has 0 aliphatic carbocycles. The van der Waals surface area contributed by atoms with Gasteiger partial charge >= 0.3 is 0 Å². The molecule has 0 radical (unpaired) electrons. The summed E-state index contributed by atoms with van der Waals surface area (Å²) in [5.41, 5.74) is -0.0857. The summed E-state index contributed by atoms with van der Waals surface area (Å²) in [6, 6.07) is 0.581. The second-order valence-electron chi connectivity index (χ2n) is 5.21. The van der Waals surface area contributed by atoms with Crippen molar-refractivity contribution in [2.75, 3.05) is 19.7 Å². The average molecular weight is 228 g/mol. The fraction of sp³-hybridized carbons (Fsp3) is 0.917. The van der Waals surface area contributed by atoms with Crippen molar-refractivity contribution in [3.63, 3.8) is 0 Å². The number of amides is 1. The van der Waals surface area contributed by atoms with Crippen LogP contribution in [-0.4, -0.2) is 47.2 Å². The van der Waals surface area contributed by atoms with Crippen molar-refractivity contribution in [3.05, 3.63) is 0 Å². The molecule has 1 heterocycles. The largest absolute Gasteiger partial charge is 0.396 e. The molecule has 0 aromatic heterocycles. The molecule has 0 unspecified atom stereocenters. The minimum Gasteiger partial charge on any atom is -0.396 e. The van der Waals surface area contributed by atoms with Crippen LogP contribution in [0.25, 0.3) is 0 Å². The lowest BCUT2D eigenvalue weighted by atomic mass is 9.89. The van der Waals surface area contributed by atoms with E-state index in [1.54, 1.807) is 0 Å². The van der Waals surface area contributed by atoms with Gasteiger partial charge in [-0.05, 0) is 33.6 Å². The zero-order chi connectivity index (χ0) is 12.2. The van der Waals surface area contributed by atoms with Crippen LogP contribution in [0.5, 0.6) is 0 Å². The van der Waals surface area contributed by atoms with Crippen molar-refractivity contribution in [2.45, 2.75) is 51.6 Å². The smallest absolute Gasteiger partial charge is 0.222 e. The summed E-state index contributed by atoms with van der Waals surface area (Å²) in [7, 11) is 0. The van der Waals surface area contributed by atoms with Crippen LogP contribution in [0.1, 0.15) is 40.0 Å². The number of carbonyl (C=O) groups excluding carboxylic acids is 1. The molecule has 0 bridgehead atoms. The molecule has 1 rings (SSSR count). The molecule has 0 aromatic rings. The third-order valence-corrected chi connectivity index (χ3v) is 3.41. The number of nitrogens with one attached hydrogen (secondary N) is 1. The highest BCUT2D eigenvalue weighted by molar-refractivity contribution is 5.76. The third-order valence-electron chi connectivity index (χ3n) is 3.41. The normalized spacial score (nSPS) is 21.1. The van der Waals surface area contributed by atoms with E-state index in [1.807, 2.05) is 0 Å². The van der Waals surface area contributed by atoms with Gasteiger partial charge in [-0.15, -0.1) is 0 Å². The summed E-state index contributed by atoms with van der Waals surface area (Å²) >= 11 is 0.